The number of aliphatic hydroxyl groups is 1. The Bertz CT molecular complexity index is 606. The molecule has 0 radical (unpaired) electrons. The van der Waals surface area contributed by atoms with E-state index in [-0.39, 0.29) is 0 Å². The lowest BCUT2D eigenvalue weighted by Crippen LogP contribution is -2.22. The molecule has 1 aromatic carbocycles. The number of anilines is 1. The molecule has 2 rings (SSSR count). The van der Waals surface area contributed by atoms with Crippen LogP contribution in [0.4, 0.5) is 5.88 Å². The molecule has 4 heteroatoms. The molecule has 2 aromatic rings. The first-order valence-electron chi connectivity index (χ1n) is 9.66. The first-order chi connectivity index (χ1) is 12.2. The summed E-state index contributed by atoms with van der Waals surface area (Å²) < 4.78 is 6.01. The average Bonchev–Trinajstić information content (AvgIpc) is 3.04. The summed E-state index contributed by atoms with van der Waals surface area (Å²) in [5, 5.41) is 10.5. The van der Waals surface area contributed by atoms with Crippen LogP contribution in [0, 0.1) is 0 Å². The van der Waals surface area contributed by atoms with Crippen molar-refractivity contribution in [1.29, 1.82) is 0 Å². The zero-order chi connectivity index (χ0) is 18.1. The Labute approximate surface area is 151 Å². The molecule has 0 aliphatic carbocycles. The molecule has 1 heterocycles. The third-order valence-corrected chi connectivity index (χ3v) is 4.57. The molecule has 0 amide bonds. The van der Waals surface area contributed by atoms with Crippen molar-refractivity contribution in [3.05, 3.63) is 47.5 Å². The Hall–Kier alpha value is -1.81. The second-order valence-electron chi connectivity index (χ2n) is 6.50. The molecular weight excluding hydrogens is 312 g/mol. The van der Waals surface area contributed by atoms with Crippen molar-refractivity contribution >= 4 is 5.88 Å². The lowest BCUT2D eigenvalue weighted by Gasteiger charge is -2.18. The minimum Gasteiger partial charge on any atom is -0.422 e. The first-order valence-corrected chi connectivity index (χ1v) is 9.66. The average molecular weight is 344 g/mol. The lowest BCUT2D eigenvalue weighted by atomic mass is 10.1. The van der Waals surface area contributed by atoms with Crippen molar-refractivity contribution in [2.75, 3.05) is 18.0 Å². The zero-order valence-electron chi connectivity index (χ0n) is 15.9. The molecule has 1 N–H and O–H groups in total. The van der Waals surface area contributed by atoms with Gasteiger partial charge in [0.25, 0.3) is 0 Å². The number of hydrogen-bond acceptors (Lipinski definition) is 4. The van der Waals surface area contributed by atoms with Crippen LogP contribution in [0.15, 0.2) is 34.7 Å². The molecule has 4 nitrogen and oxygen atoms in total. The summed E-state index contributed by atoms with van der Waals surface area (Å²) in [7, 11) is 0. The Morgan fingerprint density at radius 2 is 1.76 bits per heavy atom. The van der Waals surface area contributed by atoms with Crippen LogP contribution in [0.25, 0.3) is 0 Å². The molecule has 138 valence electrons. The molecule has 0 saturated heterocycles. The predicted molar refractivity (Wildman–Crippen MR) is 103 cm³/mol. The van der Waals surface area contributed by atoms with Crippen LogP contribution in [0.2, 0.25) is 0 Å². The highest BCUT2D eigenvalue weighted by Crippen LogP contribution is 2.29. The van der Waals surface area contributed by atoms with E-state index in [1.807, 2.05) is 18.2 Å². The molecule has 0 spiro atoms. The van der Waals surface area contributed by atoms with Crippen LogP contribution in [0.5, 0.6) is 0 Å². The smallest absolute Gasteiger partial charge is 0.226 e. The van der Waals surface area contributed by atoms with Gasteiger partial charge in [-0.1, -0.05) is 62.9 Å². The minimum atomic E-state index is -0.615. The van der Waals surface area contributed by atoms with E-state index in [0.717, 1.165) is 43.9 Å². The maximum absolute atomic E-state index is 10.5. The number of oxazole rings is 1. The topological polar surface area (TPSA) is 49.5 Å². The van der Waals surface area contributed by atoms with Crippen LogP contribution >= 0.6 is 0 Å². The van der Waals surface area contributed by atoms with Gasteiger partial charge in [-0.25, -0.2) is 4.98 Å². The molecule has 1 unspecified atom stereocenters. The highest BCUT2D eigenvalue weighted by molar-refractivity contribution is 5.43. The van der Waals surface area contributed by atoms with Gasteiger partial charge in [-0.2, -0.15) is 0 Å². The fraction of sp³-hybridized carbons (Fsp3) is 0.571. The number of unbranched alkanes of at least 4 members (excludes halogenated alkanes) is 3. The van der Waals surface area contributed by atoms with Crippen molar-refractivity contribution in [3.8, 4) is 0 Å². The van der Waals surface area contributed by atoms with E-state index < -0.39 is 6.10 Å². The van der Waals surface area contributed by atoms with Crippen molar-refractivity contribution in [2.45, 2.75) is 65.4 Å². The molecule has 0 aliphatic heterocycles. The molecular formula is C21H32N2O2. The van der Waals surface area contributed by atoms with Gasteiger partial charge >= 0.3 is 0 Å². The largest absolute Gasteiger partial charge is 0.422 e. The second-order valence-corrected chi connectivity index (χ2v) is 6.50. The van der Waals surface area contributed by atoms with E-state index in [0.29, 0.717) is 12.3 Å². The van der Waals surface area contributed by atoms with Crippen molar-refractivity contribution in [2.24, 2.45) is 0 Å². The molecule has 0 fully saturated rings. The van der Waals surface area contributed by atoms with Crippen LogP contribution < -0.4 is 4.90 Å². The van der Waals surface area contributed by atoms with Gasteiger partial charge in [0, 0.05) is 19.5 Å². The SMILES string of the molecule is CCCCCCC(O)c1nc(Cc2ccccc2)c(N(CC)CC)o1. The van der Waals surface area contributed by atoms with Gasteiger partial charge in [0.1, 0.15) is 11.8 Å². The first kappa shape index (κ1) is 19.5. The van der Waals surface area contributed by atoms with E-state index in [1.54, 1.807) is 0 Å². The highest BCUT2D eigenvalue weighted by atomic mass is 16.4. The van der Waals surface area contributed by atoms with Gasteiger partial charge in [-0.05, 0) is 25.8 Å². The third kappa shape index (κ3) is 5.60. The number of aromatic nitrogens is 1. The Balaban J connectivity index is 2.16. The Morgan fingerprint density at radius 1 is 1.04 bits per heavy atom. The molecule has 0 aliphatic rings. The summed E-state index contributed by atoms with van der Waals surface area (Å²) in [5.74, 6) is 1.26. The Morgan fingerprint density at radius 3 is 2.40 bits per heavy atom. The van der Waals surface area contributed by atoms with Crippen LogP contribution in [0.3, 0.4) is 0 Å². The van der Waals surface area contributed by atoms with Gasteiger partial charge in [0.05, 0.1) is 0 Å². The summed E-state index contributed by atoms with van der Waals surface area (Å²) in [4.78, 5) is 6.83. The van der Waals surface area contributed by atoms with Crippen molar-refractivity contribution in [3.63, 3.8) is 0 Å². The van der Waals surface area contributed by atoms with Gasteiger partial charge in [0.15, 0.2) is 0 Å². The molecule has 25 heavy (non-hydrogen) atoms. The quantitative estimate of drug-likeness (QED) is 0.575. The summed E-state index contributed by atoms with van der Waals surface area (Å²) >= 11 is 0. The summed E-state index contributed by atoms with van der Waals surface area (Å²) in [6.45, 7) is 8.13. The normalized spacial score (nSPS) is 12.3. The van der Waals surface area contributed by atoms with E-state index in [9.17, 15) is 5.11 Å². The monoisotopic (exact) mass is 344 g/mol. The fourth-order valence-corrected chi connectivity index (χ4v) is 3.05. The molecule has 1 atom stereocenters. The third-order valence-electron chi connectivity index (χ3n) is 4.57. The summed E-state index contributed by atoms with van der Waals surface area (Å²) in [6, 6.07) is 10.3. The van der Waals surface area contributed by atoms with E-state index in [1.165, 1.54) is 18.4 Å². The maximum Gasteiger partial charge on any atom is 0.226 e. The minimum absolute atomic E-state index is 0.462. The van der Waals surface area contributed by atoms with Gasteiger partial charge in [-0.3, -0.25) is 0 Å². The highest BCUT2D eigenvalue weighted by Gasteiger charge is 2.22. The standard InChI is InChI=1S/C21H32N2O2/c1-4-7-8-12-15-19(24)20-22-18(16-17-13-10-9-11-14-17)21(25-20)23(5-2)6-3/h9-11,13-14,19,24H,4-8,12,15-16H2,1-3H3. The number of benzene rings is 1. The van der Waals surface area contributed by atoms with E-state index in [2.05, 4.69) is 42.8 Å². The van der Waals surface area contributed by atoms with Crippen molar-refractivity contribution < 1.29 is 9.52 Å². The predicted octanol–water partition coefficient (Wildman–Crippen LogP) is 5.12. The number of hydrogen-bond donors (Lipinski definition) is 1. The number of nitrogens with zero attached hydrogens (tertiary/aromatic N) is 2. The maximum atomic E-state index is 10.5. The van der Waals surface area contributed by atoms with Crippen LogP contribution in [0.1, 0.15) is 76.1 Å². The number of rotatable bonds is 11. The molecule has 0 bridgehead atoms. The summed E-state index contributed by atoms with van der Waals surface area (Å²) in [5.41, 5.74) is 2.12. The second kappa shape index (κ2) is 10.2. The van der Waals surface area contributed by atoms with Gasteiger partial charge in [0.2, 0.25) is 11.8 Å². The Kier molecular flexibility index (Phi) is 7.99. The fourth-order valence-electron chi connectivity index (χ4n) is 3.05. The lowest BCUT2D eigenvalue weighted by molar-refractivity contribution is 0.131. The molecule has 0 saturated carbocycles. The zero-order valence-corrected chi connectivity index (χ0v) is 15.9. The van der Waals surface area contributed by atoms with Crippen molar-refractivity contribution in [1.82, 2.24) is 4.98 Å². The van der Waals surface area contributed by atoms with E-state index >= 15 is 0 Å². The summed E-state index contributed by atoms with van der Waals surface area (Å²) in [6.07, 6.45) is 5.38. The van der Waals surface area contributed by atoms with E-state index in [4.69, 9.17) is 4.42 Å². The molecule has 1 aromatic heterocycles. The van der Waals surface area contributed by atoms with Crippen LogP contribution in [-0.2, 0) is 6.42 Å². The van der Waals surface area contributed by atoms with Gasteiger partial charge < -0.3 is 14.4 Å². The number of aliphatic hydroxyl groups excluding tert-OH is 1. The van der Waals surface area contributed by atoms with Crippen LogP contribution in [-0.4, -0.2) is 23.2 Å². The van der Waals surface area contributed by atoms with Gasteiger partial charge in [-0.15, -0.1) is 0 Å².